The summed E-state index contributed by atoms with van der Waals surface area (Å²) in [6.07, 6.45) is -0.548. The molecule has 2 amide bonds. The van der Waals surface area contributed by atoms with Crippen molar-refractivity contribution < 1.29 is 42.4 Å². The van der Waals surface area contributed by atoms with E-state index in [1.807, 2.05) is 13.0 Å². The van der Waals surface area contributed by atoms with Gasteiger partial charge in [-0.2, -0.15) is 0 Å². The number of esters is 1. The van der Waals surface area contributed by atoms with E-state index >= 15 is 0 Å². The molecule has 0 saturated carbocycles. The largest absolute Gasteiger partial charge is 0.493 e. The van der Waals surface area contributed by atoms with E-state index < -0.39 is 17.7 Å². The van der Waals surface area contributed by atoms with Crippen LogP contribution < -0.4 is 25.2 Å². The lowest BCUT2D eigenvalue weighted by Gasteiger charge is -2.30. The van der Waals surface area contributed by atoms with Gasteiger partial charge < -0.3 is 43.1 Å². The second kappa shape index (κ2) is 14.6. The molecule has 2 aliphatic rings. The number of morpholine rings is 2. The molecule has 0 spiro atoms. The third kappa shape index (κ3) is 7.49. The summed E-state index contributed by atoms with van der Waals surface area (Å²) in [6.45, 7) is 6.70. The van der Waals surface area contributed by atoms with Crippen molar-refractivity contribution in [3.63, 3.8) is 0 Å². The maximum absolute atomic E-state index is 13.5. The van der Waals surface area contributed by atoms with Crippen molar-refractivity contribution in [2.75, 3.05) is 85.8 Å². The molecule has 1 atom stereocenters. The van der Waals surface area contributed by atoms with Crippen LogP contribution in [0, 0.1) is 6.92 Å². The standard InChI is InChI=1S/C32H39N3O10/c1-20-24-6-5-22(33-32(38)35-9-13-43-14-10-35)17-26(24)45-31(37)25(20)18-23(19-34-7-11-42-12-8-34)44-30(36)21-15-27(39-2)29(41-4)28(16-21)40-3/h5-6,15-17,23H,7-14,18-19H2,1-4H3,(H,33,38). The molecule has 1 unspecified atom stereocenters. The first-order valence-corrected chi connectivity index (χ1v) is 14.8. The molecule has 2 aliphatic heterocycles. The Labute approximate surface area is 260 Å². The van der Waals surface area contributed by atoms with E-state index in [0.717, 1.165) is 5.39 Å². The zero-order valence-corrected chi connectivity index (χ0v) is 26.0. The number of ether oxygens (including phenoxy) is 6. The topological polar surface area (TPSA) is 138 Å². The summed E-state index contributed by atoms with van der Waals surface area (Å²) in [5.74, 6) is 0.394. The third-order valence-corrected chi connectivity index (χ3v) is 8.01. The summed E-state index contributed by atoms with van der Waals surface area (Å²) in [6, 6.07) is 8.04. The van der Waals surface area contributed by atoms with Crippen molar-refractivity contribution in [2.24, 2.45) is 0 Å². The van der Waals surface area contributed by atoms with Gasteiger partial charge in [-0.25, -0.2) is 14.4 Å². The zero-order chi connectivity index (χ0) is 31.9. The fourth-order valence-electron chi connectivity index (χ4n) is 5.54. The van der Waals surface area contributed by atoms with Gasteiger partial charge in [0.2, 0.25) is 5.75 Å². The number of fused-ring (bicyclic) bond motifs is 1. The number of carbonyl (C=O) groups is 2. The summed E-state index contributed by atoms with van der Waals surface area (Å²) in [5.41, 5.74) is 1.66. The van der Waals surface area contributed by atoms with Crippen LogP contribution in [0.15, 0.2) is 39.5 Å². The van der Waals surface area contributed by atoms with E-state index in [9.17, 15) is 14.4 Å². The molecular weight excluding hydrogens is 586 g/mol. The minimum atomic E-state index is -0.680. The number of methoxy groups -OCH3 is 3. The smallest absolute Gasteiger partial charge is 0.339 e. The van der Waals surface area contributed by atoms with Gasteiger partial charge in [-0.05, 0) is 36.8 Å². The molecule has 45 heavy (non-hydrogen) atoms. The van der Waals surface area contributed by atoms with Crippen LogP contribution >= 0.6 is 0 Å². The molecule has 13 heteroatoms. The number of nitrogens with one attached hydrogen (secondary N) is 1. The predicted octanol–water partition coefficient (Wildman–Crippen LogP) is 3.09. The van der Waals surface area contributed by atoms with Crippen LogP contribution in [-0.4, -0.2) is 108 Å². The van der Waals surface area contributed by atoms with Crippen molar-refractivity contribution in [1.82, 2.24) is 9.80 Å². The van der Waals surface area contributed by atoms with E-state index in [0.29, 0.717) is 98.8 Å². The Morgan fingerprint density at radius 1 is 0.911 bits per heavy atom. The van der Waals surface area contributed by atoms with Gasteiger partial charge in [0.15, 0.2) is 11.5 Å². The highest BCUT2D eigenvalue weighted by Crippen LogP contribution is 2.38. The highest BCUT2D eigenvalue weighted by molar-refractivity contribution is 5.93. The number of urea groups is 1. The molecule has 2 saturated heterocycles. The van der Waals surface area contributed by atoms with Crippen LogP contribution in [0.3, 0.4) is 0 Å². The van der Waals surface area contributed by atoms with Crippen LogP contribution in [0.4, 0.5) is 10.5 Å². The molecule has 3 heterocycles. The summed E-state index contributed by atoms with van der Waals surface area (Å²) in [5, 5.41) is 3.58. The average molecular weight is 626 g/mol. The Kier molecular flexibility index (Phi) is 10.4. The van der Waals surface area contributed by atoms with Crippen LogP contribution in [0.2, 0.25) is 0 Å². The molecule has 242 valence electrons. The van der Waals surface area contributed by atoms with E-state index in [4.69, 9.17) is 32.8 Å². The highest BCUT2D eigenvalue weighted by atomic mass is 16.5. The molecule has 13 nitrogen and oxygen atoms in total. The fraction of sp³-hybridized carbons (Fsp3) is 0.469. The summed E-state index contributed by atoms with van der Waals surface area (Å²) in [7, 11) is 4.42. The Hall–Kier alpha value is -4.33. The number of carbonyl (C=O) groups excluding carboxylic acids is 2. The van der Waals surface area contributed by atoms with Crippen LogP contribution in [0.1, 0.15) is 21.5 Å². The van der Waals surface area contributed by atoms with Crippen LogP contribution in [0.25, 0.3) is 11.0 Å². The molecule has 0 aliphatic carbocycles. The number of hydrogen-bond acceptors (Lipinski definition) is 11. The number of amides is 2. The van der Waals surface area contributed by atoms with E-state index in [1.54, 1.807) is 17.0 Å². The Morgan fingerprint density at radius 2 is 1.56 bits per heavy atom. The summed E-state index contributed by atoms with van der Waals surface area (Å²) < 4.78 is 38.8. The molecule has 5 rings (SSSR count). The van der Waals surface area contributed by atoms with E-state index in [-0.39, 0.29) is 18.0 Å². The zero-order valence-electron chi connectivity index (χ0n) is 26.0. The first-order chi connectivity index (χ1) is 21.8. The molecule has 0 bridgehead atoms. The van der Waals surface area contributed by atoms with Crippen molar-refractivity contribution in [3.05, 3.63) is 57.4 Å². The van der Waals surface area contributed by atoms with Crippen molar-refractivity contribution in [2.45, 2.75) is 19.4 Å². The number of benzene rings is 2. The van der Waals surface area contributed by atoms with Gasteiger partial charge >= 0.3 is 17.6 Å². The number of anilines is 1. The lowest BCUT2D eigenvalue weighted by Crippen LogP contribution is -2.43. The van der Waals surface area contributed by atoms with Gasteiger partial charge in [-0.3, -0.25) is 4.90 Å². The van der Waals surface area contributed by atoms with Crippen molar-refractivity contribution in [3.8, 4) is 17.2 Å². The first kappa shape index (κ1) is 32.1. The maximum Gasteiger partial charge on any atom is 0.339 e. The van der Waals surface area contributed by atoms with Gasteiger partial charge in [0.25, 0.3) is 0 Å². The van der Waals surface area contributed by atoms with Crippen LogP contribution in [0.5, 0.6) is 17.2 Å². The average Bonchev–Trinajstić information content (AvgIpc) is 3.06. The molecule has 1 N–H and O–H groups in total. The van der Waals surface area contributed by atoms with Crippen molar-refractivity contribution in [1.29, 1.82) is 0 Å². The van der Waals surface area contributed by atoms with Gasteiger partial charge in [0.05, 0.1) is 53.3 Å². The molecule has 1 aromatic heterocycles. The van der Waals surface area contributed by atoms with Gasteiger partial charge in [-0.1, -0.05) is 0 Å². The summed E-state index contributed by atoms with van der Waals surface area (Å²) in [4.78, 5) is 43.3. The van der Waals surface area contributed by atoms with Crippen molar-refractivity contribution >= 4 is 28.7 Å². The maximum atomic E-state index is 13.5. The minimum Gasteiger partial charge on any atom is -0.493 e. The third-order valence-electron chi connectivity index (χ3n) is 8.01. The molecule has 3 aromatic rings. The molecule has 2 aromatic carbocycles. The Morgan fingerprint density at radius 3 is 2.18 bits per heavy atom. The lowest BCUT2D eigenvalue weighted by molar-refractivity contribution is -0.00400. The lowest BCUT2D eigenvalue weighted by atomic mass is 10.0. The van der Waals surface area contributed by atoms with E-state index in [1.165, 1.54) is 33.5 Å². The Balaban J connectivity index is 1.40. The number of hydrogen-bond donors (Lipinski definition) is 1. The summed E-state index contributed by atoms with van der Waals surface area (Å²) >= 11 is 0. The minimum absolute atomic E-state index is 0.132. The first-order valence-electron chi connectivity index (χ1n) is 14.8. The Bertz CT molecular complexity index is 1550. The predicted molar refractivity (Wildman–Crippen MR) is 165 cm³/mol. The quantitative estimate of drug-likeness (QED) is 0.263. The molecule has 2 fully saturated rings. The molecular formula is C32H39N3O10. The SMILES string of the molecule is COc1cc(C(=O)OC(Cc2c(C)c3ccc(NC(=O)N4CCOCC4)cc3oc2=O)CN2CCOCC2)cc(OC)c1OC. The number of nitrogens with zero attached hydrogens (tertiary/aromatic N) is 2. The number of rotatable bonds is 10. The second-order valence-corrected chi connectivity index (χ2v) is 10.8. The fourth-order valence-corrected chi connectivity index (χ4v) is 5.54. The normalized spacial score (nSPS) is 16.2. The molecule has 0 radical (unpaired) electrons. The van der Waals surface area contributed by atoms with E-state index in [2.05, 4.69) is 10.2 Å². The van der Waals surface area contributed by atoms with Gasteiger partial charge in [-0.15, -0.1) is 0 Å². The van der Waals surface area contributed by atoms with Gasteiger partial charge in [0, 0.05) is 61.8 Å². The monoisotopic (exact) mass is 625 g/mol. The number of aryl methyl sites for hydroxylation is 1. The van der Waals surface area contributed by atoms with Crippen LogP contribution in [-0.2, 0) is 20.6 Å². The highest BCUT2D eigenvalue weighted by Gasteiger charge is 2.26. The van der Waals surface area contributed by atoms with Gasteiger partial charge in [0.1, 0.15) is 11.7 Å². The second-order valence-electron chi connectivity index (χ2n) is 10.8.